The number of ether oxygens (including phenoxy) is 1. The molecule has 0 bridgehead atoms. The molecule has 0 saturated heterocycles. The quantitative estimate of drug-likeness (QED) is 0.906. The van der Waals surface area contributed by atoms with Crippen molar-refractivity contribution in [2.75, 3.05) is 7.11 Å². The van der Waals surface area contributed by atoms with Crippen LogP contribution in [-0.2, 0) is 11.2 Å². The first-order valence-corrected chi connectivity index (χ1v) is 7.11. The van der Waals surface area contributed by atoms with Gasteiger partial charge in [-0.15, -0.1) is 0 Å². The van der Waals surface area contributed by atoms with Gasteiger partial charge in [0.05, 0.1) is 5.60 Å². The summed E-state index contributed by atoms with van der Waals surface area (Å²) >= 11 is 0. The van der Waals surface area contributed by atoms with Crippen molar-refractivity contribution in [3.8, 4) is 0 Å². The molecular formula is C16H24FNO. The van der Waals surface area contributed by atoms with Crippen LogP contribution in [0.2, 0.25) is 0 Å². The summed E-state index contributed by atoms with van der Waals surface area (Å²) in [6.45, 7) is 2.28. The molecular weight excluding hydrogens is 241 g/mol. The molecule has 1 aliphatic rings. The van der Waals surface area contributed by atoms with Crippen LogP contribution in [0, 0.1) is 11.7 Å². The molecule has 1 aromatic carbocycles. The van der Waals surface area contributed by atoms with Crippen molar-refractivity contribution in [2.45, 2.75) is 50.7 Å². The average molecular weight is 265 g/mol. The van der Waals surface area contributed by atoms with Crippen LogP contribution in [-0.4, -0.2) is 18.8 Å². The van der Waals surface area contributed by atoms with Gasteiger partial charge in [0, 0.05) is 13.2 Å². The van der Waals surface area contributed by atoms with Gasteiger partial charge in [-0.05, 0) is 55.7 Å². The lowest BCUT2D eigenvalue weighted by Crippen LogP contribution is -2.52. The Morgan fingerprint density at radius 2 is 2.11 bits per heavy atom. The third-order valence-electron chi connectivity index (χ3n) is 4.55. The Balaban J connectivity index is 2.06. The third-order valence-corrected chi connectivity index (χ3v) is 4.55. The fourth-order valence-electron chi connectivity index (χ4n) is 3.08. The minimum Gasteiger partial charge on any atom is -0.377 e. The Bertz CT molecular complexity index is 413. The Labute approximate surface area is 115 Å². The molecule has 3 heteroatoms. The van der Waals surface area contributed by atoms with Crippen molar-refractivity contribution in [3.63, 3.8) is 0 Å². The van der Waals surface area contributed by atoms with Crippen LogP contribution in [0.15, 0.2) is 24.3 Å². The molecule has 1 aliphatic carbocycles. The maximum Gasteiger partial charge on any atom is 0.123 e. The first kappa shape index (κ1) is 14.5. The Morgan fingerprint density at radius 1 is 1.42 bits per heavy atom. The van der Waals surface area contributed by atoms with E-state index < -0.39 is 0 Å². The highest BCUT2D eigenvalue weighted by atomic mass is 19.1. The van der Waals surface area contributed by atoms with Gasteiger partial charge in [-0.3, -0.25) is 0 Å². The van der Waals surface area contributed by atoms with Gasteiger partial charge < -0.3 is 10.5 Å². The van der Waals surface area contributed by atoms with Crippen LogP contribution < -0.4 is 5.73 Å². The number of nitrogens with two attached hydrogens (primary N) is 1. The summed E-state index contributed by atoms with van der Waals surface area (Å²) in [7, 11) is 1.75. The fourth-order valence-corrected chi connectivity index (χ4v) is 3.08. The van der Waals surface area contributed by atoms with Crippen LogP contribution >= 0.6 is 0 Å². The number of benzene rings is 1. The standard InChI is InChI=1S/C16H24FNO/c1-12-6-8-16(19-2,9-7-12)15(18)11-13-4-3-5-14(17)10-13/h3-5,10,12,15H,6-9,11,18H2,1-2H3. The van der Waals surface area contributed by atoms with Crippen LogP contribution in [0.3, 0.4) is 0 Å². The van der Waals surface area contributed by atoms with Crippen LogP contribution in [0.5, 0.6) is 0 Å². The smallest absolute Gasteiger partial charge is 0.123 e. The lowest BCUT2D eigenvalue weighted by atomic mass is 9.74. The summed E-state index contributed by atoms with van der Waals surface area (Å²) in [6.07, 6.45) is 4.98. The molecule has 19 heavy (non-hydrogen) atoms. The first-order valence-electron chi connectivity index (χ1n) is 7.11. The van der Waals surface area contributed by atoms with E-state index in [2.05, 4.69) is 6.92 Å². The zero-order valence-corrected chi connectivity index (χ0v) is 11.9. The highest BCUT2D eigenvalue weighted by Crippen LogP contribution is 2.37. The second-order valence-corrected chi connectivity index (χ2v) is 5.89. The summed E-state index contributed by atoms with van der Waals surface area (Å²) < 4.78 is 19.0. The van der Waals surface area contributed by atoms with Crippen molar-refractivity contribution in [2.24, 2.45) is 11.7 Å². The predicted molar refractivity (Wildman–Crippen MR) is 75.5 cm³/mol. The van der Waals surface area contributed by atoms with Crippen LogP contribution in [0.1, 0.15) is 38.2 Å². The Morgan fingerprint density at radius 3 is 2.68 bits per heavy atom. The van der Waals surface area contributed by atoms with Gasteiger partial charge in [-0.1, -0.05) is 19.1 Å². The average Bonchev–Trinajstić information content (AvgIpc) is 2.40. The monoisotopic (exact) mass is 265 g/mol. The second kappa shape index (κ2) is 6.02. The van der Waals surface area contributed by atoms with Gasteiger partial charge in [-0.2, -0.15) is 0 Å². The van der Waals surface area contributed by atoms with Gasteiger partial charge in [0.15, 0.2) is 0 Å². The largest absolute Gasteiger partial charge is 0.377 e. The lowest BCUT2D eigenvalue weighted by molar-refractivity contribution is -0.0659. The second-order valence-electron chi connectivity index (χ2n) is 5.89. The van der Waals surface area contributed by atoms with Gasteiger partial charge in [0.2, 0.25) is 0 Å². The van der Waals surface area contributed by atoms with Crippen LogP contribution in [0.25, 0.3) is 0 Å². The summed E-state index contributed by atoms with van der Waals surface area (Å²) in [5.41, 5.74) is 7.08. The van der Waals surface area contributed by atoms with E-state index in [0.29, 0.717) is 6.42 Å². The molecule has 0 amide bonds. The molecule has 1 aromatic rings. The number of hydrogen-bond acceptors (Lipinski definition) is 2. The van der Waals surface area contributed by atoms with E-state index in [0.717, 1.165) is 37.2 Å². The van der Waals surface area contributed by atoms with E-state index in [1.807, 2.05) is 6.07 Å². The van der Waals surface area contributed by atoms with Gasteiger partial charge >= 0.3 is 0 Å². The molecule has 0 radical (unpaired) electrons. The summed E-state index contributed by atoms with van der Waals surface area (Å²) in [5.74, 6) is 0.554. The van der Waals surface area contributed by atoms with Gasteiger partial charge in [0.1, 0.15) is 5.82 Å². The van der Waals surface area contributed by atoms with Gasteiger partial charge in [-0.25, -0.2) is 4.39 Å². The van der Waals surface area contributed by atoms with Crippen molar-refractivity contribution < 1.29 is 9.13 Å². The van der Waals surface area contributed by atoms with E-state index in [1.54, 1.807) is 19.2 Å². The zero-order chi connectivity index (χ0) is 13.9. The summed E-state index contributed by atoms with van der Waals surface area (Å²) in [6, 6.07) is 6.61. The normalized spacial score (nSPS) is 29.2. The predicted octanol–water partition coefficient (Wildman–Crippen LogP) is 3.29. The molecule has 1 saturated carbocycles. The molecule has 1 fully saturated rings. The van der Waals surface area contributed by atoms with E-state index in [1.165, 1.54) is 6.07 Å². The fraction of sp³-hybridized carbons (Fsp3) is 0.625. The molecule has 1 atom stereocenters. The number of methoxy groups -OCH3 is 1. The van der Waals surface area contributed by atoms with Crippen LogP contribution in [0.4, 0.5) is 4.39 Å². The van der Waals surface area contributed by atoms with E-state index in [4.69, 9.17) is 10.5 Å². The molecule has 2 N–H and O–H groups in total. The Hall–Kier alpha value is -0.930. The molecule has 0 aliphatic heterocycles. The number of hydrogen-bond donors (Lipinski definition) is 1. The zero-order valence-electron chi connectivity index (χ0n) is 11.9. The third kappa shape index (κ3) is 3.34. The summed E-state index contributed by atoms with van der Waals surface area (Å²) in [4.78, 5) is 0. The highest BCUT2D eigenvalue weighted by Gasteiger charge is 2.39. The molecule has 106 valence electrons. The topological polar surface area (TPSA) is 35.2 Å². The van der Waals surface area contributed by atoms with Gasteiger partial charge in [0.25, 0.3) is 0 Å². The molecule has 1 unspecified atom stereocenters. The highest BCUT2D eigenvalue weighted by molar-refractivity contribution is 5.18. The van der Waals surface area contributed by atoms with Crippen molar-refractivity contribution in [3.05, 3.63) is 35.6 Å². The molecule has 0 heterocycles. The Kier molecular flexibility index (Phi) is 4.58. The molecule has 0 spiro atoms. The minimum atomic E-state index is -0.237. The number of halogens is 1. The van der Waals surface area contributed by atoms with E-state index >= 15 is 0 Å². The van der Waals surface area contributed by atoms with E-state index in [-0.39, 0.29) is 17.5 Å². The van der Waals surface area contributed by atoms with Crippen molar-refractivity contribution in [1.82, 2.24) is 0 Å². The maximum absolute atomic E-state index is 13.2. The molecule has 2 rings (SSSR count). The van der Waals surface area contributed by atoms with Crippen molar-refractivity contribution >= 4 is 0 Å². The molecule has 2 nitrogen and oxygen atoms in total. The summed E-state index contributed by atoms with van der Waals surface area (Å²) in [5, 5.41) is 0. The van der Waals surface area contributed by atoms with Crippen molar-refractivity contribution in [1.29, 1.82) is 0 Å². The minimum absolute atomic E-state index is 0.0770. The lowest BCUT2D eigenvalue weighted by Gasteiger charge is -2.42. The molecule has 0 aromatic heterocycles. The maximum atomic E-state index is 13.2. The SMILES string of the molecule is COC1(C(N)Cc2cccc(F)c2)CCC(C)CC1. The first-order chi connectivity index (χ1) is 9.05. The number of rotatable bonds is 4. The van der Waals surface area contributed by atoms with E-state index in [9.17, 15) is 4.39 Å².